The van der Waals surface area contributed by atoms with Crippen molar-refractivity contribution in [3.05, 3.63) is 22.2 Å². The summed E-state index contributed by atoms with van der Waals surface area (Å²) in [6, 6.07) is 2.52. The molecular weight excluding hydrogens is 290 g/mol. The summed E-state index contributed by atoms with van der Waals surface area (Å²) in [6.45, 7) is 0. The van der Waals surface area contributed by atoms with Gasteiger partial charge in [0.15, 0.2) is 11.5 Å². The van der Waals surface area contributed by atoms with Crippen LogP contribution < -0.4 is 15.2 Å². The van der Waals surface area contributed by atoms with Gasteiger partial charge in [0.1, 0.15) is 6.04 Å². The van der Waals surface area contributed by atoms with Crippen molar-refractivity contribution >= 4 is 21.9 Å². The lowest BCUT2D eigenvalue weighted by atomic mass is 10.0. The maximum absolute atomic E-state index is 10.8. The van der Waals surface area contributed by atoms with Crippen LogP contribution in [0.3, 0.4) is 0 Å². The Morgan fingerprint density at radius 2 is 2.12 bits per heavy atom. The average molecular weight is 304 g/mol. The minimum atomic E-state index is -1.05. The van der Waals surface area contributed by atoms with Gasteiger partial charge in [-0.3, -0.25) is 4.79 Å². The lowest BCUT2D eigenvalue weighted by Gasteiger charge is -2.15. The molecule has 5 nitrogen and oxygen atoms in total. The third-order valence-electron chi connectivity index (χ3n) is 2.33. The number of ether oxygens (including phenoxy) is 2. The molecule has 94 valence electrons. The topological polar surface area (TPSA) is 81.8 Å². The molecule has 1 unspecified atom stereocenters. The summed E-state index contributed by atoms with van der Waals surface area (Å²) in [5, 5.41) is 8.81. The van der Waals surface area contributed by atoms with E-state index in [-0.39, 0.29) is 6.42 Å². The van der Waals surface area contributed by atoms with E-state index < -0.39 is 12.0 Å². The first-order chi connectivity index (χ1) is 8.01. The number of rotatable bonds is 5. The molecular formula is C11H14BrNO4. The molecule has 0 bridgehead atoms. The van der Waals surface area contributed by atoms with Crippen molar-refractivity contribution in [2.24, 2.45) is 5.73 Å². The van der Waals surface area contributed by atoms with E-state index in [1.807, 2.05) is 0 Å². The SMILES string of the molecule is COc1ccc(Br)c(CC(N)C(=O)O)c1OC. The van der Waals surface area contributed by atoms with Crippen LogP contribution in [0.2, 0.25) is 0 Å². The fraction of sp³-hybridized carbons (Fsp3) is 0.364. The van der Waals surface area contributed by atoms with Gasteiger partial charge in [-0.05, 0) is 12.1 Å². The van der Waals surface area contributed by atoms with Gasteiger partial charge in [0.05, 0.1) is 14.2 Å². The third-order valence-corrected chi connectivity index (χ3v) is 3.08. The van der Waals surface area contributed by atoms with Crippen molar-refractivity contribution in [1.29, 1.82) is 0 Å². The maximum atomic E-state index is 10.8. The number of carboxylic acid groups (broad SMARTS) is 1. The van der Waals surface area contributed by atoms with E-state index >= 15 is 0 Å². The van der Waals surface area contributed by atoms with Gasteiger partial charge in [-0.2, -0.15) is 0 Å². The average Bonchev–Trinajstić information content (AvgIpc) is 2.31. The molecule has 0 spiro atoms. The van der Waals surface area contributed by atoms with Crippen LogP contribution in [-0.2, 0) is 11.2 Å². The van der Waals surface area contributed by atoms with Crippen LogP contribution in [0.5, 0.6) is 11.5 Å². The summed E-state index contributed by atoms with van der Waals surface area (Å²) in [5.41, 5.74) is 6.20. The van der Waals surface area contributed by atoms with Crippen LogP contribution in [0.15, 0.2) is 16.6 Å². The number of hydrogen-bond donors (Lipinski definition) is 2. The number of hydrogen-bond acceptors (Lipinski definition) is 4. The molecule has 1 aromatic rings. The number of nitrogens with two attached hydrogens (primary N) is 1. The van der Waals surface area contributed by atoms with Gasteiger partial charge in [0.25, 0.3) is 0 Å². The van der Waals surface area contributed by atoms with Gasteiger partial charge in [-0.1, -0.05) is 15.9 Å². The lowest BCUT2D eigenvalue weighted by Crippen LogP contribution is -2.32. The molecule has 1 aromatic carbocycles. The second-order valence-electron chi connectivity index (χ2n) is 3.41. The van der Waals surface area contributed by atoms with Gasteiger partial charge in [0, 0.05) is 16.5 Å². The number of aliphatic carboxylic acids is 1. The zero-order valence-electron chi connectivity index (χ0n) is 9.57. The number of carboxylic acids is 1. The van der Waals surface area contributed by atoms with Crippen LogP contribution in [-0.4, -0.2) is 31.3 Å². The van der Waals surface area contributed by atoms with Crippen molar-refractivity contribution < 1.29 is 19.4 Å². The molecule has 1 rings (SSSR count). The summed E-state index contributed by atoms with van der Waals surface area (Å²) in [7, 11) is 3.02. The minimum Gasteiger partial charge on any atom is -0.493 e. The second kappa shape index (κ2) is 5.88. The molecule has 0 aliphatic heterocycles. The Hall–Kier alpha value is -1.27. The summed E-state index contributed by atoms with van der Waals surface area (Å²) >= 11 is 3.34. The molecule has 0 amide bonds. The number of methoxy groups -OCH3 is 2. The number of benzene rings is 1. The van der Waals surface area contributed by atoms with Crippen LogP contribution in [0.1, 0.15) is 5.56 Å². The highest BCUT2D eigenvalue weighted by atomic mass is 79.9. The smallest absolute Gasteiger partial charge is 0.320 e. The second-order valence-corrected chi connectivity index (χ2v) is 4.26. The fourth-order valence-electron chi connectivity index (χ4n) is 1.46. The van der Waals surface area contributed by atoms with E-state index in [1.165, 1.54) is 14.2 Å². The quantitative estimate of drug-likeness (QED) is 0.860. The first-order valence-corrected chi connectivity index (χ1v) is 5.68. The zero-order valence-corrected chi connectivity index (χ0v) is 11.2. The Bertz CT molecular complexity index is 422. The van der Waals surface area contributed by atoms with E-state index in [9.17, 15) is 4.79 Å². The first kappa shape index (κ1) is 13.8. The molecule has 0 aliphatic carbocycles. The van der Waals surface area contributed by atoms with Crippen molar-refractivity contribution in [2.45, 2.75) is 12.5 Å². The highest BCUT2D eigenvalue weighted by molar-refractivity contribution is 9.10. The van der Waals surface area contributed by atoms with Gasteiger partial charge < -0.3 is 20.3 Å². The van der Waals surface area contributed by atoms with Crippen LogP contribution >= 0.6 is 15.9 Å². The molecule has 0 aromatic heterocycles. The summed E-state index contributed by atoms with van der Waals surface area (Å²) in [5.74, 6) is -0.0105. The Labute approximate surface area is 108 Å². The first-order valence-electron chi connectivity index (χ1n) is 4.89. The Morgan fingerprint density at radius 1 is 1.47 bits per heavy atom. The Balaban J connectivity index is 3.16. The Morgan fingerprint density at radius 3 is 2.59 bits per heavy atom. The summed E-state index contributed by atoms with van der Waals surface area (Å²) in [4.78, 5) is 10.8. The number of carbonyl (C=O) groups is 1. The van der Waals surface area contributed by atoms with Crippen molar-refractivity contribution in [2.75, 3.05) is 14.2 Å². The zero-order chi connectivity index (χ0) is 13.0. The van der Waals surface area contributed by atoms with Crippen molar-refractivity contribution in [3.8, 4) is 11.5 Å². The molecule has 0 radical (unpaired) electrons. The fourth-order valence-corrected chi connectivity index (χ4v) is 1.94. The van der Waals surface area contributed by atoms with Gasteiger partial charge in [-0.25, -0.2) is 0 Å². The van der Waals surface area contributed by atoms with E-state index in [1.54, 1.807) is 12.1 Å². The van der Waals surface area contributed by atoms with Gasteiger partial charge in [0.2, 0.25) is 0 Å². The molecule has 3 N–H and O–H groups in total. The standard InChI is InChI=1S/C11H14BrNO4/c1-16-9-4-3-7(12)6(10(9)17-2)5-8(13)11(14)15/h3-4,8H,5,13H2,1-2H3,(H,14,15). The molecule has 17 heavy (non-hydrogen) atoms. The normalized spacial score (nSPS) is 12.0. The van der Waals surface area contributed by atoms with E-state index in [0.29, 0.717) is 17.1 Å². The monoisotopic (exact) mass is 303 g/mol. The van der Waals surface area contributed by atoms with Crippen molar-refractivity contribution in [1.82, 2.24) is 0 Å². The molecule has 0 aliphatic rings. The maximum Gasteiger partial charge on any atom is 0.320 e. The van der Waals surface area contributed by atoms with Crippen LogP contribution in [0.25, 0.3) is 0 Å². The van der Waals surface area contributed by atoms with Crippen LogP contribution in [0, 0.1) is 0 Å². The van der Waals surface area contributed by atoms with Crippen molar-refractivity contribution in [3.63, 3.8) is 0 Å². The molecule has 1 atom stereocenters. The highest BCUT2D eigenvalue weighted by Crippen LogP contribution is 2.36. The number of halogens is 1. The van der Waals surface area contributed by atoms with Crippen LogP contribution in [0.4, 0.5) is 0 Å². The predicted octanol–water partition coefficient (Wildman–Crippen LogP) is 1.42. The van der Waals surface area contributed by atoms with E-state index in [4.69, 9.17) is 20.3 Å². The molecule has 0 fully saturated rings. The molecule has 0 saturated carbocycles. The largest absolute Gasteiger partial charge is 0.493 e. The molecule has 6 heteroatoms. The predicted molar refractivity (Wildman–Crippen MR) is 66.6 cm³/mol. The van der Waals surface area contributed by atoms with E-state index in [0.717, 1.165) is 4.47 Å². The highest BCUT2D eigenvalue weighted by Gasteiger charge is 2.19. The molecule has 0 heterocycles. The third kappa shape index (κ3) is 3.10. The Kier molecular flexibility index (Phi) is 4.77. The molecule has 0 saturated heterocycles. The van der Waals surface area contributed by atoms with E-state index in [2.05, 4.69) is 15.9 Å². The summed E-state index contributed by atoms with van der Waals surface area (Å²) in [6.07, 6.45) is 0.163. The van der Waals surface area contributed by atoms with Gasteiger partial charge in [-0.15, -0.1) is 0 Å². The minimum absolute atomic E-state index is 0.163. The summed E-state index contributed by atoms with van der Waals surface area (Å²) < 4.78 is 11.1. The van der Waals surface area contributed by atoms with Gasteiger partial charge >= 0.3 is 5.97 Å². The lowest BCUT2D eigenvalue weighted by molar-refractivity contribution is -0.138.